The maximum Gasteiger partial charge on any atom is 0.416 e. The molecule has 4 nitrogen and oxygen atoms in total. The molecule has 148 valence electrons. The van der Waals surface area contributed by atoms with Gasteiger partial charge in [0.05, 0.1) is 10.8 Å². The largest absolute Gasteiger partial charge is 0.416 e. The maximum absolute atomic E-state index is 12.8. The van der Waals surface area contributed by atoms with Gasteiger partial charge in [-0.1, -0.05) is 0 Å². The first-order chi connectivity index (χ1) is 12.0. The van der Waals surface area contributed by atoms with Gasteiger partial charge in [0.15, 0.2) is 0 Å². The van der Waals surface area contributed by atoms with Crippen LogP contribution in [0, 0.1) is 12.8 Å². The van der Waals surface area contributed by atoms with E-state index in [1.54, 1.807) is 13.8 Å². The van der Waals surface area contributed by atoms with Crippen LogP contribution in [0.1, 0.15) is 50.7 Å². The molecule has 26 heavy (non-hydrogen) atoms. The molecule has 1 fully saturated rings. The van der Waals surface area contributed by atoms with Crippen LogP contribution in [0.15, 0.2) is 18.2 Å². The second-order valence-electron chi connectivity index (χ2n) is 7.34. The van der Waals surface area contributed by atoms with Crippen molar-refractivity contribution in [3.05, 3.63) is 29.3 Å². The Labute approximate surface area is 153 Å². The summed E-state index contributed by atoms with van der Waals surface area (Å²) in [5.41, 5.74) is 0.272. The fourth-order valence-electron chi connectivity index (χ4n) is 3.21. The monoisotopic (exact) mass is 392 g/mol. The van der Waals surface area contributed by atoms with Gasteiger partial charge >= 0.3 is 6.18 Å². The van der Waals surface area contributed by atoms with Crippen LogP contribution in [0.5, 0.6) is 0 Å². The van der Waals surface area contributed by atoms with Crippen LogP contribution in [-0.2, 0) is 16.2 Å². The molecule has 0 aromatic heterocycles. The molecule has 1 aromatic rings. The van der Waals surface area contributed by atoms with Crippen molar-refractivity contribution in [2.75, 3.05) is 11.9 Å². The minimum Gasteiger partial charge on any atom is -0.385 e. The van der Waals surface area contributed by atoms with Crippen molar-refractivity contribution in [2.45, 2.75) is 63.9 Å². The molecule has 1 aliphatic rings. The van der Waals surface area contributed by atoms with Crippen molar-refractivity contribution in [3.63, 3.8) is 0 Å². The SMILES string of the molecule is Cc1cc(NCC2CCC(NS(=O)(=O)C(C)C)CC2)ccc1C(F)(F)F. The molecule has 0 amide bonds. The second kappa shape index (κ2) is 8.17. The van der Waals surface area contributed by atoms with Crippen molar-refractivity contribution in [2.24, 2.45) is 5.92 Å². The van der Waals surface area contributed by atoms with E-state index in [0.29, 0.717) is 18.2 Å². The van der Waals surface area contributed by atoms with Gasteiger partial charge in [-0.05, 0) is 76.1 Å². The van der Waals surface area contributed by atoms with E-state index in [1.165, 1.54) is 19.1 Å². The Morgan fingerprint density at radius 1 is 1.15 bits per heavy atom. The summed E-state index contributed by atoms with van der Waals surface area (Å²) in [6.07, 6.45) is -0.991. The standard InChI is InChI=1S/C18H27F3N2O2S/c1-12(2)26(24,25)23-15-6-4-14(5-7-15)11-22-16-8-9-17(13(3)10-16)18(19,20)21/h8-10,12,14-15,22-23H,4-7,11H2,1-3H3. The van der Waals surface area contributed by atoms with Crippen LogP contribution in [0.4, 0.5) is 18.9 Å². The molecule has 1 aliphatic carbocycles. The zero-order valence-corrected chi connectivity index (χ0v) is 16.2. The van der Waals surface area contributed by atoms with Crippen LogP contribution < -0.4 is 10.0 Å². The van der Waals surface area contributed by atoms with E-state index in [4.69, 9.17) is 0 Å². The minimum absolute atomic E-state index is 0.0213. The topological polar surface area (TPSA) is 58.2 Å². The Balaban J connectivity index is 1.83. The average Bonchev–Trinajstić information content (AvgIpc) is 2.52. The molecule has 0 aliphatic heterocycles. The summed E-state index contributed by atoms with van der Waals surface area (Å²) in [7, 11) is -3.25. The van der Waals surface area contributed by atoms with E-state index in [2.05, 4.69) is 10.0 Å². The highest BCUT2D eigenvalue weighted by Crippen LogP contribution is 2.33. The highest BCUT2D eigenvalue weighted by atomic mass is 32.2. The number of hydrogen-bond acceptors (Lipinski definition) is 3. The Kier molecular flexibility index (Phi) is 6.60. The fraction of sp³-hybridized carbons (Fsp3) is 0.667. The van der Waals surface area contributed by atoms with Crippen molar-refractivity contribution < 1.29 is 21.6 Å². The second-order valence-corrected chi connectivity index (χ2v) is 9.61. The Morgan fingerprint density at radius 2 is 1.77 bits per heavy atom. The van der Waals surface area contributed by atoms with E-state index in [9.17, 15) is 21.6 Å². The van der Waals surface area contributed by atoms with E-state index in [0.717, 1.165) is 31.7 Å². The molecule has 0 unspecified atom stereocenters. The zero-order chi connectivity index (χ0) is 19.5. The van der Waals surface area contributed by atoms with Crippen LogP contribution in [0.2, 0.25) is 0 Å². The summed E-state index contributed by atoms with van der Waals surface area (Å²) in [6.45, 7) is 5.45. The number of nitrogens with one attached hydrogen (secondary N) is 2. The first-order valence-electron chi connectivity index (χ1n) is 8.92. The quantitative estimate of drug-likeness (QED) is 0.758. The predicted molar refractivity (Wildman–Crippen MR) is 97.6 cm³/mol. The van der Waals surface area contributed by atoms with Gasteiger partial charge in [0.2, 0.25) is 10.0 Å². The summed E-state index contributed by atoms with van der Waals surface area (Å²) >= 11 is 0. The first-order valence-corrected chi connectivity index (χ1v) is 10.5. The van der Waals surface area contributed by atoms with Gasteiger partial charge in [0.25, 0.3) is 0 Å². The van der Waals surface area contributed by atoms with Gasteiger partial charge in [-0.25, -0.2) is 13.1 Å². The van der Waals surface area contributed by atoms with Gasteiger partial charge in [-0.3, -0.25) is 0 Å². The van der Waals surface area contributed by atoms with Gasteiger partial charge in [-0.15, -0.1) is 0 Å². The zero-order valence-electron chi connectivity index (χ0n) is 15.4. The van der Waals surface area contributed by atoms with E-state index < -0.39 is 27.0 Å². The molecule has 1 aromatic carbocycles. The number of benzene rings is 1. The Bertz CT molecular complexity index is 710. The normalized spacial score (nSPS) is 21.8. The number of anilines is 1. The summed E-state index contributed by atoms with van der Waals surface area (Å²) in [4.78, 5) is 0. The van der Waals surface area contributed by atoms with Crippen LogP contribution in [0.3, 0.4) is 0 Å². The number of hydrogen-bond donors (Lipinski definition) is 2. The highest BCUT2D eigenvalue weighted by Gasteiger charge is 2.32. The molecule has 0 spiro atoms. The van der Waals surface area contributed by atoms with Crippen LogP contribution in [-0.4, -0.2) is 26.3 Å². The van der Waals surface area contributed by atoms with Crippen molar-refractivity contribution in [3.8, 4) is 0 Å². The number of halogens is 3. The molecule has 0 saturated heterocycles. The third-order valence-electron chi connectivity index (χ3n) is 4.92. The highest BCUT2D eigenvalue weighted by molar-refractivity contribution is 7.90. The molecule has 2 N–H and O–H groups in total. The Hall–Kier alpha value is -1.28. The van der Waals surface area contributed by atoms with Gasteiger partial charge in [-0.2, -0.15) is 13.2 Å². The molecule has 8 heteroatoms. The number of alkyl halides is 3. The van der Waals surface area contributed by atoms with E-state index >= 15 is 0 Å². The lowest BCUT2D eigenvalue weighted by atomic mass is 9.86. The van der Waals surface area contributed by atoms with Crippen LogP contribution >= 0.6 is 0 Å². The van der Waals surface area contributed by atoms with Crippen molar-refractivity contribution >= 4 is 15.7 Å². The smallest absolute Gasteiger partial charge is 0.385 e. The fourth-order valence-corrected chi connectivity index (χ4v) is 4.18. The van der Waals surface area contributed by atoms with Crippen LogP contribution in [0.25, 0.3) is 0 Å². The van der Waals surface area contributed by atoms with Gasteiger partial charge in [0, 0.05) is 18.3 Å². The minimum atomic E-state index is -4.33. The molecule has 0 heterocycles. The van der Waals surface area contributed by atoms with E-state index in [-0.39, 0.29) is 11.6 Å². The number of sulfonamides is 1. The number of rotatable bonds is 6. The summed E-state index contributed by atoms with van der Waals surface area (Å²) in [5.74, 6) is 0.386. The molecular weight excluding hydrogens is 365 g/mol. The van der Waals surface area contributed by atoms with Gasteiger partial charge in [0.1, 0.15) is 0 Å². The molecule has 1 saturated carbocycles. The summed E-state index contributed by atoms with van der Waals surface area (Å²) in [6, 6.07) is 4.06. The number of aryl methyl sites for hydroxylation is 1. The maximum atomic E-state index is 12.8. The Morgan fingerprint density at radius 3 is 2.27 bits per heavy atom. The van der Waals surface area contributed by atoms with Crippen molar-refractivity contribution in [1.29, 1.82) is 0 Å². The third-order valence-corrected chi connectivity index (χ3v) is 6.83. The first kappa shape index (κ1) is 21.0. The van der Waals surface area contributed by atoms with Crippen molar-refractivity contribution in [1.82, 2.24) is 4.72 Å². The molecule has 0 bridgehead atoms. The molecule has 0 atom stereocenters. The van der Waals surface area contributed by atoms with Gasteiger partial charge < -0.3 is 5.32 Å². The molecular formula is C18H27F3N2O2S. The summed E-state index contributed by atoms with van der Waals surface area (Å²) in [5, 5.41) is 2.77. The van der Waals surface area contributed by atoms with E-state index in [1.807, 2.05) is 0 Å². The average molecular weight is 392 g/mol. The predicted octanol–water partition coefficient (Wildman–Crippen LogP) is 4.31. The third kappa shape index (κ3) is 5.61. The lowest BCUT2D eigenvalue weighted by Gasteiger charge is -2.29. The lowest BCUT2D eigenvalue weighted by molar-refractivity contribution is -0.138. The lowest BCUT2D eigenvalue weighted by Crippen LogP contribution is -2.41. The molecule has 2 rings (SSSR count). The molecule has 0 radical (unpaired) electrons. The summed E-state index contributed by atoms with van der Waals surface area (Å²) < 4.78 is 65.0.